The van der Waals surface area contributed by atoms with Crippen LogP contribution in [0.3, 0.4) is 0 Å². The highest BCUT2D eigenvalue weighted by Gasteiger charge is 2.22. The third kappa shape index (κ3) is 4.79. The Balaban J connectivity index is 1.39. The van der Waals surface area contributed by atoms with Gasteiger partial charge in [0.25, 0.3) is 0 Å². The quantitative estimate of drug-likeness (QED) is 0.509. The van der Waals surface area contributed by atoms with Crippen molar-refractivity contribution in [3.05, 3.63) is 59.2 Å². The maximum atomic E-state index is 12.8. The van der Waals surface area contributed by atoms with E-state index >= 15 is 0 Å². The zero-order chi connectivity index (χ0) is 22.7. The summed E-state index contributed by atoms with van der Waals surface area (Å²) in [7, 11) is 0. The lowest BCUT2D eigenvalue weighted by molar-refractivity contribution is -0.126. The van der Waals surface area contributed by atoms with Crippen molar-refractivity contribution < 1.29 is 19.1 Å². The van der Waals surface area contributed by atoms with E-state index in [1.54, 1.807) is 13.0 Å². The van der Waals surface area contributed by atoms with Gasteiger partial charge in [0.15, 0.2) is 5.78 Å². The van der Waals surface area contributed by atoms with Crippen LogP contribution < -0.4 is 14.4 Å². The molecular weight excluding hydrogens is 404 g/mol. The summed E-state index contributed by atoms with van der Waals surface area (Å²) < 4.78 is 11.7. The van der Waals surface area contributed by atoms with Crippen molar-refractivity contribution in [3.63, 3.8) is 0 Å². The van der Waals surface area contributed by atoms with E-state index in [0.29, 0.717) is 25.3 Å². The second-order valence-corrected chi connectivity index (χ2v) is 8.31. The van der Waals surface area contributed by atoms with Crippen LogP contribution in [0.15, 0.2) is 42.5 Å². The number of nitrogens with zero attached hydrogens (tertiary/aromatic N) is 2. The van der Waals surface area contributed by atoms with Gasteiger partial charge >= 0.3 is 0 Å². The third-order valence-corrected chi connectivity index (χ3v) is 5.96. The van der Waals surface area contributed by atoms with Crippen LogP contribution >= 0.6 is 0 Å². The lowest BCUT2D eigenvalue weighted by Gasteiger charge is -2.35. The summed E-state index contributed by atoms with van der Waals surface area (Å²) in [6.07, 6.45) is 4.49. The first kappa shape index (κ1) is 21.9. The Morgan fingerprint density at radius 2 is 1.84 bits per heavy atom. The van der Waals surface area contributed by atoms with E-state index in [9.17, 15) is 9.59 Å². The van der Waals surface area contributed by atoms with E-state index in [1.165, 1.54) is 0 Å². The molecule has 32 heavy (non-hydrogen) atoms. The van der Waals surface area contributed by atoms with Crippen LogP contribution in [0.5, 0.6) is 11.5 Å². The molecule has 1 saturated heterocycles. The minimum absolute atomic E-state index is 0.00573. The molecule has 1 fully saturated rings. The molecule has 1 atom stereocenters. The summed E-state index contributed by atoms with van der Waals surface area (Å²) >= 11 is 0. The van der Waals surface area contributed by atoms with Gasteiger partial charge in [-0.05, 0) is 63.2 Å². The molecule has 0 aliphatic carbocycles. The lowest BCUT2D eigenvalue weighted by Crippen LogP contribution is -2.48. The number of anilines is 1. The van der Waals surface area contributed by atoms with Crippen LogP contribution in [-0.2, 0) is 11.2 Å². The molecule has 0 bridgehead atoms. The van der Waals surface area contributed by atoms with Crippen molar-refractivity contribution in [1.29, 1.82) is 0 Å². The Labute approximate surface area is 189 Å². The van der Waals surface area contributed by atoms with E-state index in [-0.39, 0.29) is 17.8 Å². The van der Waals surface area contributed by atoms with Gasteiger partial charge in [0.05, 0.1) is 6.61 Å². The Morgan fingerprint density at radius 1 is 1.12 bits per heavy atom. The molecule has 2 aromatic rings. The molecule has 0 spiro atoms. The first-order chi connectivity index (χ1) is 15.4. The number of fused-ring (bicyclic) bond motifs is 1. The third-order valence-electron chi connectivity index (χ3n) is 5.96. The first-order valence-corrected chi connectivity index (χ1v) is 11.2. The lowest BCUT2D eigenvalue weighted by atomic mass is 10.1. The van der Waals surface area contributed by atoms with Gasteiger partial charge in [0, 0.05) is 61.1 Å². The normalized spacial score (nSPS) is 17.9. The van der Waals surface area contributed by atoms with Crippen LogP contribution in [0.4, 0.5) is 5.69 Å². The van der Waals surface area contributed by atoms with Crippen LogP contribution in [0, 0.1) is 0 Å². The average molecular weight is 435 g/mol. The molecule has 0 aromatic heterocycles. The van der Waals surface area contributed by atoms with Crippen molar-refractivity contribution >= 4 is 23.5 Å². The number of hydrogen-bond donors (Lipinski definition) is 0. The molecule has 1 unspecified atom stereocenters. The molecule has 0 saturated carbocycles. The predicted octanol–water partition coefficient (Wildman–Crippen LogP) is 3.97. The highest BCUT2D eigenvalue weighted by atomic mass is 16.5. The minimum atomic E-state index is -0.00573. The van der Waals surface area contributed by atoms with E-state index in [2.05, 4.69) is 11.8 Å². The van der Waals surface area contributed by atoms with Gasteiger partial charge in [-0.15, -0.1) is 0 Å². The van der Waals surface area contributed by atoms with Gasteiger partial charge in [0.1, 0.15) is 17.6 Å². The Kier molecular flexibility index (Phi) is 6.49. The molecule has 4 rings (SSSR count). The summed E-state index contributed by atoms with van der Waals surface area (Å²) in [5.41, 5.74) is 3.80. The van der Waals surface area contributed by atoms with Crippen LogP contribution in [0.1, 0.15) is 42.3 Å². The number of rotatable bonds is 6. The fraction of sp³-hybridized carbons (Fsp3) is 0.385. The minimum Gasteiger partial charge on any atom is -0.493 e. The number of benzene rings is 2. The SMILES string of the molecule is CCOc1cc2c(cc1/C=C/C(=O)N1CCN(c3ccc(C(C)=O)cc3)CC1)OC(C)C2. The number of hydrogen-bond acceptors (Lipinski definition) is 5. The number of piperazine rings is 1. The molecule has 6 nitrogen and oxygen atoms in total. The van der Waals surface area contributed by atoms with E-state index in [1.807, 2.05) is 54.3 Å². The van der Waals surface area contributed by atoms with Gasteiger partial charge in [-0.2, -0.15) is 0 Å². The van der Waals surface area contributed by atoms with Crippen molar-refractivity contribution in [3.8, 4) is 11.5 Å². The number of amides is 1. The highest BCUT2D eigenvalue weighted by molar-refractivity contribution is 5.94. The molecule has 168 valence electrons. The number of carbonyl (C=O) groups excluding carboxylic acids is 2. The number of ether oxygens (including phenoxy) is 2. The second kappa shape index (κ2) is 9.47. The van der Waals surface area contributed by atoms with E-state index in [0.717, 1.165) is 47.8 Å². The summed E-state index contributed by atoms with van der Waals surface area (Å²) in [4.78, 5) is 28.4. The summed E-state index contributed by atoms with van der Waals surface area (Å²) in [5.74, 6) is 1.72. The smallest absolute Gasteiger partial charge is 0.246 e. The Hall–Kier alpha value is -3.28. The Bertz CT molecular complexity index is 1020. The highest BCUT2D eigenvalue weighted by Crippen LogP contribution is 2.35. The molecule has 0 radical (unpaired) electrons. The standard InChI is InChI=1S/C26H30N2O4/c1-4-31-24-17-22-15-18(2)32-25(22)16-21(24)7-10-26(30)28-13-11-27(12-14-28)23-8-5-20(6-9-23)19(3)29/h5-10,16-18H,4,11-15H2,1-3H3/b10-7+. The summed E-state index contributed by atoms with van der Waals surface area (Å²) in [6, 6.07) is 11.7. The summed E-state index contributed by atoms with van der Waals surface area (Å²) in [6.45, 7) is 8.97. The molecular formula is C26H30N2O4. The number of ketones is 1. The van der Waals surface area contributed by atoms with Crippen LogP contribution in [0.2, 0.25) is 0 Å². The number of carbonyl (C=O) groups is 2. The average Bonchev–Trinajstić information content (AvgIpc) is 3.16. The maximum absolute atomic E-state index is 12.8. The van der Waals surface area contributed by atoms with Gasteiger partial charge in [-0.1, -0.05) is 0 Å². The first-order valence-electron chi connectivity index (χ1n) is 11.2. The molecule has 2 heterocycles. The fourth-order valence-electron chi connectivity index (χ4n) is 4.22. The van der Waals surface area contributed by atoms with Crippen molar-refractivity contribution in [2.75, 3.05) is 37.7 Å². The van der Waals surface area contributed by atoms with Crippen LogP contribution in [0.25, 0.3) is 6.08 Å². The van der Waals surface area contributed by atoms with E-state index in [4.69, 9.17) is 9.47 Å². The van der Waals surface area contributed by atoms with Crippen molar-refractivity contribution in [2.45, 2.75) is 33.3 Å². The van der Waals surface area contributed by atoms with Crippen molar-refractivity contribution in [2.24, 2.45) is 0 Å². The second-order valence-electron chi connectivity index (χ2n) is 8.31. The monoisotopic (exact) mass is 434 g/mol. The molecule has 2 aromatic carbocycles. The Morgan fingerprint density at radius 3 is 2.50 bits per heavy atom. The topological polar surface area (TPSA) is 59.1 Å². The molecule has 6 heteroatoms. The molecule has 1 amide bonds. The predicted molar refractivity (Wildman–Crippen MR) is 126 cm³/mol. The zero-order valence-electron chi connectivity index (χ0n) is 19.0. The van der Waals surface area contributed by atoms with E-state index < -0.39 is 0 Å². The fourth-order valence-corrected chi connectivity index (χ4v) is 4.22. The largest absolute Gasteiger partial charge is 0.493 e. The number of Topliss-reactive ketones (excluding diaryl/α,β-unsaturated/α-hetero) is 1. The van der Waals surface area contributed by atoms with Gasteiger partial charge in [-0.3, -0.25) is 9.59 Å². The molecule has 0 N–H and O–H groups in total. The summed E-state index contributed by atoms with van der Waals surface area (Å²) in [5, 5.41) is 0. The maximum Gasteiger partial charge on any atom is 0.246 e. The molecule has 2 aliphatic rings. The molecule has 2 aliphatic heterocycles. The van der Waals surface area contributed by atoms with Crippen LogP contribution in [-0.4, -0.2) is 55.5 Å². The van der Waals surface area contributed by atoms with Gasteiger partial charge in [-0.25, -0.2) is 0 Å². The van der Waals surface area contributed by atoms with Gasteiger partial charge < -0.3 is 19.3 Å². The van der Waals surface area contributed by atoms with Gasteiger partial charge in [0.2, 0.25) is 5.91 Å². The zero-order valence-corrected chi connectivity index (χ0v) is 19.0. The van der Waals surface area contributed by atoms with Crippen molar-refractivity contribution in [1.82, 2.24) is 4.90 Å².